The molecule has 1 saturated heterocycles. The number of hydrogen-bond acceptors (Lipinski definition) is 4. The summed E-state index contributed by atoms with van der Waals surface area (Å²) in [5.41, 5.74) is 1.03. The predicted molar refractivity (Wildman–Crippen MR) is 83.0 cm³/mol. The molecule has 0 saturated carbocycles. The zero-order valence-electron chi connectivity index (χ0n) is 11.9. The third-order valence-corrected chi connectivity index (χ3v) is 4.27. The molecule has 2 amide bonds. The van der Waals surface area contributed by atoms with E-state index in [-0.39, 0.29) is 17.8 Å². The highest BCUT2D eigenvalue weighted by molar-refractivity contribution is 8.13. The number of amides is 2. The fourth-order valence-corrected chi connectivity index (χ4v) is 3.09. The highest BCUT2D eigenvalue weighted by atomic mass is 32.2. The van der Waals surface area contributed by atoms with E-state index in [1.54, 1.807) is 9.80 Å². The van der Waals surface area contributed by atoms with Crippen LogP contribution in [0, 0.1) is 0 Å². The lowest BCUT2D eigenvalue weighted by atomic mass is 10.2. The first-order valence-electron chi connectivity index (χ1n) is 7.05. The van der Waals surface area contributed by atoms with Crippen molar-refractivity contribution in [3.63, 3.8) is 0 Å². The topological polar surface area (TPSA) is 60.9 Å². The van der Waals surface area contributed by atoms with Crippen molar-refractivity contribution in [2.45, 2.75) is 13.0 Å². The van der Waals surface area contributed by atoms with Gasteiger partial charge in [0.25, 0.3) is 5.24 Å². The number of carbonyl (C=O) groups is 2. The van der Waals surface area contributed by atoms with E-state index < -0.39 is 0 Å². The first-order valence-corrected chi connectivity index (χ1v) is 8.03. The molecule has 1 N–H and O–H groups in total. The molecular weight excluding hydrogens is 288 g/mol. The molecule has 1 aliphatic heterocycles. The Balaban J connectivity index is 1.87. The molecular formula is C15H20N2O3S. The van der Waals surface area contributed by atoms with E-state index >= 15 is 0 Å². The van der Waals surface area contributed by atoms with Gasteiger partial charge in [0.15, 0.2) is 0 Å². The van der Waals surface area contributed by atoms with Gasteiger partial charge in [0.05, 0.1) is 6.61 Å². The van der Waals surface area contributed by atoms with Gasteiger partial charge >= 0.3 is 0 Å². The summed E-state index contributed by atoms with van der Waals surface area (Å²) in [5.74, 6) is 0.773. The Morgan fingerprint density at radius 2 is 2.10 bits per heavy atom. The minimum absolute atomic E-state index is 0.0300. The van der Waals surface area contributed by atoms with Crippen LogP contribution in [0.4, 0.5) is 4.79 Å². The lowest BCUT2D eigenvalue weighted by molar-refractivity contribution is -0.132. The van der Waals surface area contributed by atoms with Crippen molar-refractivity contribution in [2.75, 3.05) is 32.0 Å². The summed E-state index contributed by atoms with van der Waals surface area (Å²) in [6.45, 7) is 1.92. The number of nitrogens with zero attached hydrogens (tertiary/aromatic N) is 2. The molecule has 1 aromatic carbocycles. The van der Waals surface area contributed by atoms with E-state index in [2.05, 4.69) is 0 Å². The molecule has 5 nitrogen and oxygen atoms in total. The standard InChI is InChI=1S/C15H20N2O3S/c18-10-8-17(12-13-4-2-1-3-5-13)14(19)6-7-16-9-11-21-15(16)20/h1-5,18H,6-12H2. The number of aliphatic hydroxyl groups excluding tert-OH is 1. The molecule has 6 heteroatoms. The van der Waals surface area contributed by atoms with Gasteiger partial charge in [-0.1, -0.05) is 42.1 Å². The number of benzene rings is 1. The van der Waals surface area contributed by atoms with E-state index in [0.29, 0.717) is 26.1 Å². The average molecular weight is 308 g/mol. The summed E-state index contributed by atoms with van der Waals surface area (Å²) in [6.07, 6.45) is 0.305. The van der Waals surface area contributed by atoms with Crippen LogP contribution < -0.4 is 0 Å². The van der Waals surface area contributed by atoms with Crippen molar-refractivity contribution < 1.29 is 14.7 Å². The normalized spacial score (nSPS) is 14.5. The van der Waals surface area contributed by atoms with Crippen LogP contribution in [0.3, 0.4) is 0 Å². The quantitative estimate of drug-likeness (QED) is 0.830. The Bertz CT molecular complexity index is 481. The first-order chi connectivity index (χ1) is 10.2. The Labute approximate surface area is 128 Å². The van der Waals surface area contributed by atoms with Gasteiger partial charge in [-0.3, -0.25) is 9.59 Å². The summed E-state index contributed by atoms with van der Waals surface area (Å²) < 4.78 is 0. The van der Waals surface area contributed by atoms with Crippen LogP contribution in [-0.4, -0.2) is 58.0 Å². The van der Waals surface area contributed by atoms with Crippen molar-refractivity contribution in [3.05, 3.63) is 35.9 Å². The fourth-order valence-electron chi connectivity index (χ4n) is 2.23. The van der Waals surface area contributed by atoms with Gasteiger partial charge in [-0.15, -0.1) is 0 Å². The van der Waals surface area contributed by atoms with Crippen LogP contribution in [0.25, 0.3) is 0 Å². The molecule has 114 valence electrons. The lowest BCUT2D eigenvalue weighted by Gasteiger charge is -2.23. The van der Waals surface area contributed by atoms with E-state index in [0.717, 1.165) is 17.9 Å². The van der Waals surface area contributed by atoms with Crippen LogP contribution in [-0.2, 0) is 11.3 Å². The van der Waals surface area contributed by atoms with E-state index in [1.807, 2.05) is 30.3 Å². The largest absolute Gasteiger partial charge is 0.395 e. The van der Waals surface area contributed by atoms with Gasteiger partial charge in [-0.05, 0) is 5.56 Å². The third kappa shape index (κ3) is 4.75. The zero-order valence-corrected chi connectivity index (χ0v) is 12.7. The second-order valence-electron chi connectivity index (χ2n) is 4.88. The molecule has 21 heavy (non-hydrogen) atoms. The summed E-state index contributed by atoms with van der Waals surface area (Å²) in [5, 5.41) is 9.18. The Morgan fingerprint density at radius 3 is 2.71 bits per heavy atom. The van der Waals surface area contributed by atoms with E-state index in [1.165, 1.54) is 11.8 Å². The first kappa shape index (κ1) is 15.9. The molecule has 0 spiro atoms. The molecule has 0 bridgehead atoms. The van der Waals surface area contributed by atoms with Crippen LogP contribution in [0.15, 0.2) is 30.3 Å². The summed E-state index contributed by atoms with van der Waals surface area (Å²) in [6, 6.07) is 9.70. The Morgan fingerprint density at radius 1 is 1.33 bits per heavy atom. The average Bonchev–Trinajstić information content (AvgIpc) is 2.91. The van der Waals surface area contributed by atoms with Crippen molar-refractivity contribution in [3.8, 4) is 0 Å². The van der Waals surface area contributed by atoms with Crippen LogP contribution in [0.2, 0.25) is 0 Å². The highest BCUT2D eigenvalue weighted by Gasteiger charge is 2.22. The molecule has 0 atom stereocenters. The fraction of sp³-hybridized carbons (Fsp3) is 0.467. The zero-order chi connectivity index (χ0) is 15.1. The van der Waals surface area contributed by atoms with Crippen LogP contribution in [0.1, 0.15) is 12.0 Å². The van der Waals surface area contributed by atoms with Gasteiger partial charge in [0, 0.05) is 38.4 Å². The predicted octanol–water partition coefficient (Wildman–Crippen LogP) is 1.57. The minimum Gasteiger partial charge on any atom is -0.395 e. The summed E-state index contributed by atoms with van der Waals surface area (Å²) >= 11 is 1.30. The number of hydrogen-bond donors (Lipinski definition) is 1. The Hall–Kier alpha value is -1.53. The summed E-state index contributed by atoms with van der Waals surface area (Å²) in [4.78, 5) is 27.1. The maximum atomic E-state index is 12.3. The number of carbonyl (C=O) groups excluding carboxylic acids is 2. The second-order valence-corrected chi connectivity index (χ2v) is 5.92. The molecule has 1 aliphatic rings. The SMILES string of the molecule is O=C(CCN1CCSC1=O)N(CCO)Cc1ccccc1. The molecule has 0 unspecified atom stereocenters. The second kappa shape index (κ2) is 8.05. The van der Waals surface area contributed by atoms with Crippen molar-refractivity contribution >= 4 is 22.9 Å². The molecule has 1 heterocycles. The van der Waals surface area contributed by atoms with Gasteiger partial charge in [0.1, 0.15) is 0 Å². The third-order valence-electron chi connectivity index (χ3n) is 3.38. The smallest absolute Gasteiger partial charge is 0.281 e. The number of rotatable bonds is 7. The minimum atomic E-state index is -0.0585. The Kier molecular flexibility index (Phi) is 6.07. The van der Waals surface area contributed by atoms with Crippen molar-refractivity contribution in [1.82, 2.24) is 9.80 Å². The molecule has 2 rings (SSSR count). The van der Waals surface area contributed by atoms with Gasteiger partial charge < -0.3 is 14.9 Å². The lowest BCUT2D eigenvalue weighted by Crippen LogP contribution is -2.36. The molecule has 1 aromatic rings. The monoisotopic (exact) mass is 308 g/mol. The van der Waals surface area contributed by atoms with Crippen molar-refractivity contribution in [1.29, 1.82) is 0 Å². The number of aliphatic hydroxyl groups is 1. The van der Waals surface area contributed by atoms with Gasteiger partial charge in [-0.25, -0.2) is 0 Å². The number of thioether (sulfide) groups is 1. The highest BCUT2D eigenvalue weighted by Crippen LogP contribution is 2.17. The van der Waals surface area contributed by atoms with E-state index in [4.69, 9.17) is 5.11 Å². The maximum absolute atomic E-state index is 12.3. The molecule has 1 fully saturated rings. The van der Waals surface area contributed by atoms with Crippen molar-refractivity contribution in [2.24, 2.45) is 0 Å². The molecule has 0 aromatic heterocycles. The van der Waals surface area contributed by atoms with E-state index in [9.17, 15) is 9.59 Å². The van der Waals surface area contributed by atoms with Crippen LogP contribution in [0.5, 0.6) is 0 Å². The van der Waals surface area contributed by atoms with Gasteiger partial charge in [-0.2, -0.15) is 0 Å². The summed E-state index contributed by atoms with van der Waals surface area (Å²) in [7, 11) is 0. The van der Waals surface area contributed by atoms with Gasteiger partial charge in [0.2, 0.25) is 5.91 Å². The molecule has 0 aliphatic carbocycles. The maximum Gasteiger partial charge on any atom is 0.281 e. The van der Waals surface area contributed by atoms with Crippen LogP contribution >= 0.6 is 11.8 Å². The molecule has 0 radical (unpaired) electrons.